The molecule has 4 heteroatoms. The molecule has 0 aliphatic carbocycles. The lowest BCUT2D eigenvalue weighted by Crippen LogP contribution is -2.25. The predicted molar refractivity (Wildman–Crippen MR) is 107 cm³/mol. The predicted octanol–water partition coefficient (Wildman–Crippen LogP) is 6.31. The standard InChI is InChI=1S/C16H33NOS2.C2H6/c1-4-5-6-7-8-9-13-19-20-14-12-17-16(18)11-10-15(2)3;1-2/h15H,4-14H2,1-3H3,(H,17,18);1-2H3. The summed E-state index contributed by atoms with van der Waals surface area (Å²) in [5, 5.41) is 2.99. The van der Waals surface area contributed by atoms with Crippen LogP contribution < -0.4 is 5.32 Å². The Morgan fingerprint density at radius 1 is 0.955 bits per heavy atom. The second-order valence-electron chi connectivity index (χ2n) is 5.69. The van der Waals surface area contributed by atoms with Crippen molar-refractivity contribution in [1.82, 2.24) is 5.32 Å². The van der Waals surface area contributed by atoms with Gasteiger partial charge in [-0.1, -0.05) is 88.3 Å². The molecular weight excluding hydrogens is 310 g/mol. The largest absolute Gasteiger partial charge is 0.355 e. The highest BCUT2D eigenvalue weighted by Gasteiger charge is 2.02. The van der Waals surface area contributed by atoms with Crippen LogP contribution in [-0.2, 0) is 4.79 Å². The van der Waals surface area contributed by atoms with Crippen LogP contribution in [0.2, 0.25) is 0 Å². The van der Waals surface area contributed by atoms with Crippen LogP contribution >= 0.6 is 21.6 Å². The van der Waals surface area contributed by atoms with Gasteiger partial charge in [-0.15, -0.1) is 0 Å². The quantitative estimate of drug-likeness (QED) is 0.294. The number of carbonyl (C=O) groups is 1. The highest BCUT2D eigenvalue weighted by atomic mass is 33.1. The zero-order valence-corrected chi connectivity index (χ0v) is 17.2. The molecule has 1 amide bonds. The molecule has 0 rings (SSSR count). The number of unbranched alkanes of at least 4 members (excludes halogenated alkanes) is 5. The van der Waals surface area contributed by atoms with Crippen molar-refractivity contribution in [3.63, 3.8) is 0 Å². The number of amides is 1. The number of nitrogens with one attached hydrogen (secondary N) is 1. The highest BCUT2D eigenvalue weighted by molar-refractivity contribution is 8.76. The van der Waals surface area contributed by atoms with Crippen molar-refractivity contribution in [2.24, 2.45) is 5.92 Å². The smallest absolute Gasteiger partial charge is 0.220 e. The summed E-state index contributed by atoms with van der Waals surface area (Å²) in [6.45, 7) is 11.4. The SMILES string of the molecule is CC.CCCCCCCCSSCCNC(=O)CCC(C)C. The lowest BCUT2D eigenvalue weighted by molar-refractivity contribution is -0.121. The molecule has 0 fully saturated rings. The zero-order chi connectivity index (χ0) is 17.1. The topological polar surface area (TPSA) is 29.1 Å². The van der Waals surface area contributed by atoms with E-state index in [0.29, 0.717) is 12.3 Å². The molecule has 0 heterocycles. The molecule has 0 aromatic carbocycles. The Bertz CT molecular complexity index is 223. The van der Waals surface area contributed by atoms with Crippen LogP contribution in [0.25, 0.3) is 0 Å². The summed E-state index contributed by atoms with van der Waals surface area (Å²) in [5.74, 6) is 3.09. The molecule has 0 atom stereocenters. The maximum absolute atomic E-state index is 11.5. The van der Waals surface area contributed by atoms with E-state index in [1.54, 1.807) is 0 Å². The van der Waals surface area contributed by atoms with E-state index >= 15 is 0 Å². The van der Waals surface area contributed by atoms with Crippen LogP contribution in [-0.4, -0.2) is 24.0 Å². The molecule has 0 aromatic rings. The first-order valence-corrected chi connectivity index (χ1v) is 11.7. The zero-order valence-electron chi connectivity index (χ0n) is 15.6. The molecule has 2 nitrogen and oxygen atoms in total. The van der Waals surface area contributed by atoms with Gasteiger partial charge in [0.2, 0.25) is 5.91 Å². The highest BCUT2D eigenvalue weighted by Crippen LogP contribution is 2.22. The molecule has 134 valence electrons. The summed E-state index contributed by atoms with van der Waals surface area (Å²) in [7, 11) is 3.84. The van der Waals surface area contributed by atoms with Gasteiger partial charge in [0.25, 0.3) is 0 Å². The van der Waals surface area contributed by atoms with Gasteiger partial charge in [-0.05, 0) is 18.8 Å². The molecule has 0 unspecified atom stereocenters. The summed E-state index contributed by atoms with van der Waals surface area (Å²) in [6, 6.07) is 0. The van der Waals surface area contributed by atoms with E-state index in [2.05, 4.69) is 26.1 Å². The van der Waals surface area contributed by atoms with Gasteiger partial charge in [0.05, 0.1) is 0 Å². The third kappa shape index (κ3) is 22.5. The average molecular weight is 350 g/mol. The number of hydrogen-bond acceptors (Lipinski definition) is 3. The summed E-state index contributed by atoms with van der Waals surface area (Å²) in [6.07, 6.45) is 9.88. The number of hydrogen-bond donors (Lipinski definition) is 1. The Hall–Kier alpha value is 0.170. The van der Waals surface area contributed by atoms with Crippen molar-refractivity contribution in [3.05, 3.63) is 0 Å². The van der Waals surface area contributed by atoms with Gasteiger partial charge in [-0.3, -0.25) is 4.79 Å². The molecule has 0 aliphatic rings. The van der Waals surface area contributed by atoms with Crippen molar-refractivity contribution < 1.29 is 4.79 Å². The van der Waals surface area contributed by atoms with Gasteiger partial charge in [-0.2, -0.15) is 0 Å². The first-order valence-electron chi connectivity index (χ1n) is 9.18. The van der Waals surface area contributed by atoms with E-state index < -0.39 is 0 Å². The van der Waals surface area contributed by atoms with E-state index in [4.69, 9.17) is 0 Å². The minimum atomic E-state index is 0.209. The fourth-order valence-corrected chi connectivity index (χ4v) is 3.85. The van der Waals surface area contributed by atoms with Crippen LogP contribution in [0.15, 0.2) is 0 Å². The fourth-order valence-electron chi connectivity index (χ4n) is 1.80. The van der Waals surface area contributed by atoms with Crippen LogP contribution in [0.5, 0.6) is 0 Å². The summed E-state index contributed by atoms with van der Waals surface area (Å²) >= 11 is 0. The van der Waals surface area contributed by atoms with E-state index in [1.165, 1.54) is 44.3 Å². The number of rotatable bonds is 14. The Morgan fingerprint density at radius 2 is 1.55 bits per heavy atom. The molecule has 1 N–H and O–H groups in total. The molecule has 0 radical (unpaired) electrons. The molecular formula is C18H39NOS2. The summed E-state index contributed by atoms with van der Waals surface area (Å²) in [4.78, 5) is 11.5. The van der Waals surface area contributed by atoms with E-state index in [0.717, 1.165) is 18.7 Å². The monoisotopic (exact) mass is 349 g/mol. The number of carbonyl (C=O) groups excluding carboxylic acids is 1. The Labute approximate surface area is 147 Å². The van der Waals surface area contributed by atoms with Gasteiger partial charge in [0.1, 0.15) is 0 Å². The van der Waals surface area contributed by atoms with Crippen molar-refractivity contribution in [1.29, 1.82) is 0 Å². The second kappa shape index (κ2) is 21.2. The summed E-state index contributed by atoms with van der Waals surface area (Å²) in [5.41, 5.74) is 0. The molecule has 0 bridgehead atoms. The second-order valence-corrected chi connectivity index (χ2v) is 8.40. The average Bonchev–Trinajstić information content (AvgIpc) is 2.52. The van der Waals surface area contributed by atoms with Crippen LogP contribution in [0.4, 0.5) is 0 Å². The fraction of sp³-hybridized carbons (Fsp3) is 0.944. The third-order valence-electron chi connectivity index (χ3n) is 3.12. The van der Waals surface area contributed by atoms with Crippen molar-refractivity contribution >= 4 is 27.5 Å². The molecule has 0 aliphatic heterocycles. The van der Waals surface area contributed by atoms with Crippen molar-refractivity contribution in [3.8, 4) is 0 Å². The van der Waals surface area contributed by atoms with Gasteiger partial charge >= 0.3 is 0 Å². The van der Waals surface area contributed by atoms with Crippen molar-refractivity contribution in [2.75, 3.05) is 18.1 Å². The van der Waals surface area contributed by atoms with Gasteiger partial charge in [-0.25, -0.2) is 0 Å². The van der Waals surface area contributed by atoms with E-state index in [9.17, 15) is 4.79 Å². The van der Waals surface area contributed by atoms with Crippen LogP contribution in [0.3, 0.4) is 0 Å². The van der Waals surface area contributed by atoms with Gasteiger partial charge in [0, 0.05) is 24.5 Å². The minimum Gasteiger partial charge on any atom is -0.355 e. The molecule has 0 aromatic heterocycles. The third-order valence-corrected chi connectivity index (χ3v) is 5.61. The first kappa shape index (κ1) is 24.4. The minimum absolute atomic E-state index is 0.209. The normalized spacial score (nSPS) is 10.3. The molecule has 0 spiro atoms. The van der Waals surface area contributed by atoms with E-state index in [1.807, 2.05) is 35.4 Å². The van der Waals surface area contributed by atoms with Gasteiger partial charge < -0.3 is 5.32 Å². The van der Waals surface area contributed by atoms with Gasteiger partial charge in [0.15, 0.2) is 0 Å². The molecule has 22 heavy (non-hydrogen) atoms. The molecule has 0 saturated carbocycles. The Kier molecular flexibility index (Phi) is 23.5. The first-order chi connectivity index (χ1) is 10.7. The maximum Gasteiger partial charge on any atom is 0.220 e. The van der Waals surface area contributed by atoms with E-state index in [-0.39, 0.29) is 5.91 Å². The summed E-state index contributed by atoms with van der Waals surface area (Å²) < 4.78 is 0. The maximum atomic E-state index is 11.5. The lowest BCUT2D eigenvalue weighted by Gasteiger charge is -2.06. The Morgan fingerprint density at radius 3 is 2.18 bits per heavy atom. The molecule has 0 saturated heterocycles. The van der Waals surface area contributed by atoms with Crippen molar-refractivity contribution in [2.45, 2.75) is 86.0 Å². The van der Waals surface area contributed by atoms with Crippen LogP contribution in [0.1, 0.15) is 86.0 Å². The Balaban J connectivity index is 0. The lowest BCUT2D eigenvalue weighted by atomic mass is 10.1. The van der Waals surface area contributed by atoms with Crippen LogP contribution in [0, 0.1) is 5.92 Å².